The Hall–Kier alpha value is -1.89. The second-order valence-electron chi connectivity index (χ2n) is 4.35. The van der Waals surface area contributed by atoms with Crippen molar-refractivity contribution in [2.24, 2.45) is 0 Å². The number of hydrogen-bond acceptors (Lipinski definition) is 4. The monoisotopic (exact) mass is 251 g/mol. The molecule has 0 atom stereocenters. The van der Waals surface area contributed by atoms with Gasteiger partial charge in [0.2, 0.25) is 11.8 Å². The van der Waals surface area contributed by atoms with Crippen molar-refractivity contribution in [2.75, 3.05) is 18.9 Å². The van der Waals surface area contributed by atoms with Crippen molar-refractivity contribution >= 4 is 17.5 Å². The zero-order valence-corrected chi connectivity index (χ0v) is 10.3. The smallest absolute Gasteiger partial charge is 0.241 e. The molecule has 2 amide bonds. The second-order valence-corrected chi connectivity index (χ2v) is 4.35. The van der Waals surface area contributed by atoms with Gasteiger partial charge in [-0.3, -0.25) is 14.3 Å². The van der Waals surface area contributed by atoms with Gasteiger partial charge in [0.25, 0.3) is 0 Å². The molecule has 1 aliphatic carbocycles. The van der Waals surface area contributed by atoms with E-state index in [1.165, 1.54) is 10.9 Å². The number of aromatic nitrogens is 2. The summed E-state index contributed by atoms with van der Waals surface area (Å²) in [7, 11) is 1.70. The maximum atomic E-state index is 11.5. The minimum absolute atomic E-state index is 0.0475. The molecule has 1 aromatic rings. The molecule has 18 heavy (non-hydrogen) atoms. The van der Waals surface area contributed by atoms with Crippen LogP contribution in [0.15, 0.2) is 12.4 Å². The van der Waals surface area contributed by atoms with E-state index >= 15 is 0 Å². The fraction of sp³-hybridized carbons (Fsp3) is 0.545. The number of anilines is 1. The lowest BCUT2D eigenvalue weighted by Crippen LogP contribution is -2.29. The second kappa shape index (κ2) is 5.63. The SMILES string of the molecule is CNCC(=O)Nc1cnn(CC(=O)NC2CC2)c1. The highest BCUT2D eigenvalue weighted by atomic mass is 16.2. The predicted molar refractivity (Wildman–Crippen MR) is 65.9 cm³/mol. The number of carbonyl (C=O) groups is 2. The van der Waals surface area contributed by atoms with Crippen LogP contribution in [-0.4, -0.2) is 41.2 Å². The van der Waals surface area contributed by atoms with E-state index in [9.17, 15) is 9.59 Å². The van der Waals surface area contributed by atoms with Gasteiger partial charge in [-0.2, -0.15) is 5.10 Å². The highest BCUT2D eigenvalue weighted by molar-refractivity contribution is 5.91. The van der Waals surface area contributed by atoms with E-state index in [0.29, 0.717) is 11.7 Å². The third kappa shape index (κ3) is 3.85. The summed E-state index contributed by atoms with van der Waals surface area (Å²) < 4.78 is 1.51. The van der Waals surface area contributed by atoms with Crippen LogP contribution in [0.3, 0.4) is 0 Å². The maximum absolute atomic E-state index is 11.5. The summed E-state index contributed by atoms with van der Waals surface area (Å²) in [5.74, 6) is -0.187. The Bertz CT molecular complexity index is 438. The Labute approximate surface area is 105 Å². The van der Waals surface area contributed by atoms with Crippen molar-refractivity contribution in [2.45, 2.75) is 25.4 Å². The first-order chi connectivity index (χ1) is 8.67. The van der Waals surface area contributed by atoms with Crippen LogP contribution in [0.5, 0.6) is 0 Å². The molecule has 1 saturated carbocycles. The molecule has 1 fully saturated rings. The average Bonchev–Trinajstić information content (AvgIpc) is 3.00. The van der Waals surface area contributed by atoms with Crippen molar-refractivity contribution in [1.82, 2.24) is 20.4 Å². The van der Waals surface area contributed by atoms with Crippen molar-refractivity contribution in [3.8, 4) is 0 Å². The van der Waals surface area contributed by atoms with Gasteiger partial charge in [0, 0.05) is 12.2 Å². The molecule has 2 rings (SSSR count). The van der Waals surface area contributed by atoms with Gasteiger partial charge in [0.05, 0.1) is 18.4 Å². The quantitative estimate of drug-likeness (QED) is 0.625. The lowest BCUT2D eigenvalue weighted by atomic mass is 10.5. The van der Waals surface area contributed by atoms with Crippen molar-refractivity contribution in [1.29, 1.82) is 0 Å². The van der Waals surface area contributed by atoms with E-state index < -0.39 is 0 Å². The van der Waals surface area contributed by atoms with Gasteiger partial charge in [-0.05, 0) is 19.9 Å². The van der Waals surface area contributed by atoms with Crippen LogP contribution in [0.1, 0.15) is 12.8 Å². The molecule has 7 nitrogen and oxygen atoms in total. The molecule has 98 valence electrons. The molecular formula is C11H17N5O2. The van der Waals surface area contributed by atoms with Gasteiger partial charge in [-0.25, -0.2) is 0 Å². The molecule has 0 saturated heterocycles. The maximum Gasteiger partial charge on any atom is 0.241 e. The number of rotatable bonds is 6. The van der Waals surface area contributed by atoms with Crippen LogP contribution in [-0.2, 0) is 16.1 Å². The van der Waals surface area contributed by atoms with E-state index in [1.54, 1.807) is 13.2 Å². The van der Waals surface area contributed by atoms with E-state index in [1.807, 2.05) is 0 Å². The fourth-order valence-electron chi connectivity index (χ4n) is 1.53. The zero-order valence-electron chi connectivity index (χ0n) is 10.3. The summed E-state index contributed by atoms with van der Waals surface area (Å²) in [4.78, 5) is 22.8. The fourth-order valence-corrected chi connectivity index (χ4v) is 1.53. The summed E-state index contributed by atoms with van der Waals surface area (Å²) in [5.41, 5.74) is 0.592. The predicted octanol–water partition coefficient (Wildman–Crippen LogP) is -0.680. The molecule has 3 N–H and O–H groups in total. The summed E-state index contributed by atoms with van der Waals surface area (Å²) in [6.07, 6.45) is 5.30. The Morgan fingerprint density at radius 1 is 1.44 bits per heavy atom. The molecule has 0 bridgehead atoms. The van der Waals surface area contributed by atoms with Gasteiger partial charge in [-0.15, -0.1) is 0 Å². The van der Waals surface area contributed by atoms with Gasteiger partial charge in [0.1, 0.15) is 6.54 Å². The number of likely N-dealkylation sites (N-methyl/N-ethyl adjacent to an activating group) is 1. The Morgan fingerprint density at radius 3 is 2.89 bits per heavy atom. The largest absolute Gasteiger partial charge is 0.352 e. The van der Waals surface area contributed by atoms with Crippen molar-refractivity contribution < 1.29 is 9.59 Å². The van der Waals surface area contributed by atoms with E-state index in [4.69, 9.17) is 0 Å². The first-order valence-electron chi connectivity index (χ1n) is 5.93. The molecule has 0 unspecified atom stereocenters. The summed E-state index contributed by atoms with van der Waals surface area (Å²) in [6, 6.07) is 0.350. The molecule has 1 aromatic heterocycles. The van der Waals surface area contributed by atoms with Crippen LogP contribution < -0.4 is 16.0 Å². The van der Waals surface area contributed by atoms with Gasteiger partial charge in [-0.1, -0.05) is 0 Å². The Balaban J connectivity index is 1.81. The van der Waals surface area contributed by atoms with Crippen LogP contribution in [0.2, 0.25) is 0 Å². The average molecular weight is 251 g/mol. The lowest BCUT2D eigenvalue weighted by Gasteiger charge is -2.03. The standard InChI is InChI=1S/C11H17N5O2/c1-12-5-10(17)15-9-4-13-16(6-9)7-11(18)14-8-2-3-8/h4,6,8,12H,2-3,5,7H2,1H3,(H,14,18)(H,15,17). The van der Waals surface area contributed by atoms with E-state index in [-0.39, 0.29) is 24.9 Å². The van der Waals surface area contributed by atoms with E-state index in [2.05, 4.69) is 21.0 Å². The number of amides is 2. The van der Waals surface area contributed by atoms with E-state index in [0.717, 1.165) is 12.8 Å². The van der Waals surface area contributed by atoms with Crippen molar-refractivity contribution in [3.63, 3.8) is 0 Å². The normalized spacial score (nSPS) is 14.3. The highest BCUT2D eigenvalue weighted by Gasteiger charge is 2.23. The lowest BCUT2D eigenvalue weighted by molar-refractivity contribution is -0.122. The van der Waals surface area contributed by atoms with Gasteiger partial charge in [0.15, 0.2) is 0 Å². The molecular weight excluding hydrogens is 234 g/mol. The third-order valence-electron chi connectivity index (χ3n) is 2.50. The van der Waals surface area contributed by atoms with Crippen LogP contribution in [0.4, 0.5) is 5.69 Å². The summed E-state index contributed by atoms with van der Waals surface area (Å²) in [6.45, 7) is 0.422. The Morgan fingerprint density at radius 2 is 2.22 bits per heavy atom. The molecule has 0 spiro atoms. The number of nitrogens with zero attached hydrogens (tertiary/aromatic N) is 2. The molecule has 7 heteroatoms. The zero-order chi connectivity index (χ0) is 13.0. The molecule has 0 radical (unpaired) electrons. The molecule has 1 heterocycles. The van der Waals surface area contributed by atoms with Crippen molar-refractivity contribution in [3.05, 3.63) is 12.4 Å². The Kier molecular flexibility index (Phi) is 3.93. The summed E-state index contributed by atoms with van der Waals surface area (Å²) >= 11 is 0. The third-order valence-corrected chi connectivity index (χ3v) is 2.50. The molecule has 1 aliphatic rings. The first-order valence-corrected chi connectivity index (χ1v) is 5.93. The van der Waals surface area contributed by atoms with Gasteiger partial charge >= 0.3 is 0 Å². The highest BCUT2D eigenvalue weighted by Crippen LogP contribution is 2.18. The number of hydrogen-bond donors (Lipinski definition) is 3. The minimum atomic E-state index is -0.139. The molecule has 0 aliphatic heterocycles. The topological polar surface area (TPSA) is 88.1 Å². The first kappa shape index (κ1) is 12.6. The molecule has 0 aromatic carbocycles. The minimum Gasteiger partial charge on any atom is -0.352 e. The summed E-state index contributed by atoms with van der Waals surface area (Å²) in [5, 5.41) is 12.3. The van der Waals surface area contributed by atoms with Crippen LogP contribution >= 0.6 is 0 Å². The number of carbonyl (C=O) groups excluding carboxylic acids is 2. The number of nitrogens with one attached hydrogen (secondary N) is 3. The van der Waals surface area contributed by atoms with Crippen LogP contribution in [0, 0.1) is 0 Å². The van der Waals surface area contributed by atoms with Gasteiger partial charge < -0.3 is 16.0 Å². The van der Waals surface area contributed by atoms with Crippen LogP contribution in [0.25, 0.3) is 0 Å².